The summed E-state index contributed by atoms with van der Waals surface area (Å²) in [5, 5.41) is 8.62. The van der Waals surface area contributed by atoms with Crippen LogP contribution >= 0.6 is 0 Å². The van der Waals surface area contributed by atoms with Crippen LogP contribution in [0.5, 0.6) is 0 Å². The van der Waals surface area contributed by atoms with Crippen LogP contribution in [0.4, 0.5) is 0 Å². The van der Waals surface area contributed by atoms with Gasteiger partial charge in [0.15, 0.2) is 0 Å². The van der Waals surface area contributed by atoms with Gasteiger partial charge in [0.05, 0.1) is 12.5 Å². The molecule has 17 heavy (non-hydrogen) atoms. The summed E-state index contributed by atoms with van der Waals surface area (Å²) < 4.78 is 0. The summed E-state index contributed by atoms with van der Waals surface area (Å²) in [6.45, 7) is 3.53. The zero-order chi connectivity index (χ0) is 11.9. The van der Waals surface area contributed by atoms with Crippen molar-refractivity contribution in [3.05, 3.63) is 35.4 Å². The topological polar surface area (TPSA) is 27.0 Å². The minimum Gasteiger partial charge on any atom is -0.299 e. The van der Waals surface area contributed by atoms with Gasteiger partial charge in [-0.3, -0.25) is 4.90 Å². The van der Waals surface area contributed by atoms with Crippen LogP contribution < -0.4 is 0 Å². The molecule has 90 valence electrons. The van der Waals surface area contributed by atoms with Gasteiger partial charge in [-0.25, -0.2) is 0 Å². The Morgan fingerprint density at radius 2 is 1.53 bits per heavy atom. The quantitative estimate of drug-likeness (QED) is 0.794. The molecule has 1 heterocycles. The van der Waals surface area contributed by atoms with Crippen molar-refractivity contribution in [3.8, 4) is 6.07 Å². The van der Waals surface area contributed by atoms with Crippen LogP contribution in [0.15, 0.2) is 24.3 Å². The molecule has 2 heteroatoms. The molecule has 0 aliphatic carbocycles. The first-order valence-electron chi connectivity index (χ1n) is 6.55. The molecular formula is C15H20N2. The molecule has 0 spiro atoms. The lowest BCUT2D eigenvalue weighted by atomic mass is 10.1. The highest BCUT2D eigenvalue weighted by molar-refractivity contribution is 5.24. The molecule has 1 fully saturated rings. The van der Waals surface area contributed by atoms with Crippen molar-refractivity contribution in [1.29, 1.82) is 5.26 Å². The zero-order valence-corrected chi connectivity index (χ0v) is 10.4. The number of hydrogen-bond donors (Lipinski definition) is 0. The number of hydrogen-bond acceptors (Lipinski definition) is 2. The molecular weight excluding hydrogens is 208 g/mol. The van der Waals surface area contributed by atoms with Crippen LogP contribution in [0, 0.1) is 11.3 Å². The van der Waals surface area contributed by atoms with Gasteiger partial charge in [-0.2, -0.15) is 5.26 Å². The minimum atomic E-state index is 0.518. The lowest BCUT2D eigenvalue weighted by molar-refractivity contribution is 0.277. The van der Waals surface area contributed by atoms with Gasteiger partial charge in [-0.15, -0.1) is 0 Å². The lowest BCUT2D eigenvalue weighted by Gasteiger charge is -2.19. The summed E-state index contributed by atoms with van der Waals surface area (Å²) in [5.74, 6) is 0. The van der Waals surface area contributed by atoms with E-state index >= 15 is 0 Å². The van der Waals surface area contributed by atoms with Gasteiger partial charge in [0, 0.05) is 6.54 Å². The predicted molar refractivity (Wildman–Crippen MR) is 69.5 cm³/mol. The van der Waals surface area contributed by atoms with Crippen molar-refractivity contribution in [2.75, 3.05) is 13.1 Å². The highest BCUT2D eigenvalue weighted by atomic mass is 15.1. The maximum atomic E-state index is 8.62. The predicted octanol–water partition coefficient (Wildman–Crippen LogP) is 3.13. The van der Waals surface area contributed by atoms with Crippen molar-refractivity contribution in [2.45, 2.75) is 38.6 Å². The molecule has 0 atom stereocenters. The van der Waals surface area contributed by atoms with Crippen LogP contribution in [0.1, 0.15) is 36.8 Å². The van der Waals surface area contributed by atoms with Crippen LogP contribution in [-0.2, 0) is 13.0 Å². The number of likely N-dealkylation sites (tertiary alicyclic amines) is 1. The highest BCUT2D eigenvalue weighted by Crippen LogP contribution is 2.13. The first-order valence-corrected chi connectivity index (χ1v) is 6.55. The summed E-state index contributed by atoms with van der Waals surface area (Å²) in [4.78, 5) is 2.55. The second-order valence-corrected chi connectivity index (χ2v) is 4.84. The van der Waals surface area contributed by atoms with E-state index in [1.807, 2.05) is 0 Å². The van der Waals surface area contributed by atoms with Gasteiger partial charge in [0.2, 0.25) is 0 Å². The fourth-order valence-corrected chi connectivity index (χ4v) is 2.41. The van der Waals surface area contributed by atoms with Crippen molar-refractivity contribution in [1.82, 2.24) is 4.90 Å². The lowest BCUT2D eigenvalue weighted by Crippen LogP contribution is -2.23. The first-order chi connectivity index (χ1) is 8.38. The van der Waals surface area contributed by atoms with E-state index in [0.717, 1.165) is 12.1 Å². The van der Waals surface area contributed by atoms with E-state index < -0.39 is 0 Å². The second-order valence-electron chi connectivity index (χ2n) is 4.84. The smallest absolute Gasteiger partial charge is 0.0669 e. The summed E-state index contributed by atoms with van der Waals surface area (Å²) in [5.41, 5.74) is 2.49. The van der Waals surface area contributed by atoms with Crippen molar-refractivity contribution in [2.24, 2.45) is 0 Å². The molecule has 1 aliphatic heterocycles. The molecule has 1 aliphatic rings. The zero-order valence-electron chi connectivity index (χ0n) is 10.4. The number of rotatable bonds is 3. The Bertz CT molecular complexity index is 367. The molecule has 2 nitrogen and oxygen atoms in total. The van der Waals surface area contributed by atoms with Gasteiger partial charge in [-0.1, -0.05) is 37.1 Å². The van der Waals surface area contributed by atoms with Gasteiger partial charge in [-0.05, 0) is 37.1 Å². The van der Waals surface area contributed by atoms with Crippen LogP contribution in [0.3, 0.4) is 0 Å². The standard InChI is InChI=1S/C15H20N2/c16-10-9-14-5-7-15(8-6-14)13-17-11-3-1-2-4-12-17/h5-8H,1-4,9,11-13H2. The summed E-state index contributed by atoms with van der Waals surface area (Å²) in [6, 6.07) is 10.7. The molecule has 0 unspecified atom stereocenters. The molecule has 0 amide bonds. The Morgan fingerprint density at radius 1 is 0.941 bits per heavy atom. The molecule has 2 rings (SSSR count). The number of nitriles is 1. The summed E-state index contributed by atoms with van der Waals surface area (Å²) in [6.07, 6.45) is 5.97. The molecule has 0 saturated carbocycles. The van der Waals surface area contributed by atoms with E-state index in [1.54, 1.807) is 0 Å². The molecule has 0 bridgehead atoms. The SMILES string of the molecule is N#CCc1ccc(CN2CCCCCC2)cc1. The van der Waals surface area contributed by atoms with Crippen molar-refractivity contribution >= 4 is 0 Å². The highest BCUT2D eigenvalue weighted by Gasteiger charge is 2.09. The van der Waals surface area contributed by atoms with Gasteiger partial charge in [0.25, 0.3) is 0 Å². The normalized spacial score (nSPS) is 17.4. The second kappa shape index (κ2) is 6.42. The third kappa shape index (κ3) is 3.87. The largest absolute Gasteiger partial charge is 0.299 e. The molecule has 1 aromatic rings. The van der Waals surface area contributed by atoms with Crippen molar-refractivity contribution in [3.63, 3.8) is 0 Å². The van der Waals surface area contributed by atoms with E-state index in [4.69, 9.17) is 5.26 Å². The first kappa shape index (κ1) is 12.1. The van der Waals surface area contributed by atoms with E-state index in [0.29, 0.717) is 6.42 Å². The van der Waals surface area contributed by atoms with E-state index in [2.05, 4.69) is 35.2 Å². The van der Waals surface area contributed by atoms with Crippen molar-refractivity contribution < 1.29 is 0 Å². The van der Waals surface area contributed by atoms with Crippen LogP contribution in [-0.4, -0.2) is 18.0 Å². The number of benzene rings is 1. The fourth-order valence-electron chi connectivity index (χ4n) is 2.41. The maximum absolute atomic E-state index is 8.62. The van der Waals surface area contributed by atoms with E-state index in [-0.39, 0.29) is 0 Å². The Hall–Kier alpha value is -1.33. The third-order valence-electron chi connectivity index (χ3n) is 3.41. The monoisotopic (exact) mass is 228 g/mol. The van der Waals surface area contributed by atoms with Crippen LogP contribution in [0.25, 0.3) is 0 Å². The molecule has 1 saturated heterocycles. The molecule has 0 radical (unpaired) electrons. The summed E-state index contributed by atoms with van der Waals surface area (Å²) in [7, 11) is 0. The van der Waals surface area contributed by atoms with E-state index in [1.165, 1.54) is 44.3 Å². The Balaban J connectivity index is 1.91. The minimum absolute atomic E-state index is 0.518. The molecule has 0 aromatic heterocycles. The average molecular weight is 228 g/mol. The Morgan fingerprint density at radius 3 is 2.12 bits per heavy atom. The fraction of sp³-hybridized carbons (Fsp3) is 0.533. The van der Waals surface area contributed by atoms with Gasteiger partial charge >= 0.3 is 0 Å². The summed E-state index contributed by atoms with van der Waals surface area (Å²) >= 11 is 0. The average Bonchev–Trinajstić information content (AvgIpc) is 2.61. The Labute approximate surface area is 104 Å². The third-order valence-corrected chi connectivity index (χ3v) is 3.41. The van der Waals surface area contributed by atoms with E-state index in [9.17, 15) is 0 Å². The number of nitrogens with zero attached hydrogens (tertiary/aromatic N) is 2. The Kier molecular flexibility index (Phi) is 4.58. The van der Waals surface area contributed by atoms with Crippen LogP contribution in [0.2, 0.25) is 0 Å². The maximum Gasteiger partial charge on any atom is 0.0669 e. The molecule has 0 N–H and O–H groups in total. The molecule has 1 aromatic carbocycles. The van der Waals surface area contributed by atoms with Gasteiger partial charge < -0.3 is 0 Å². The van der Waals surface area contributed by atoms with Gasteiger partial charge in [0.1, 0.15) is 0 Å².